The van der Waals surface area contributed by atoms with E-state index in [1.807, 2.05) is 30.0 Å². The van der Waals surface area contributed by atoms with E-state index in [1.54, 1.807) is 25.3 Å². The van der Waals surface area contributed by atoms with Crippen LogP contribution in [0.3, 0.4) is 0 Å². The topological polar surface area (TPSA) is 67.9 Å². The average Bonchev–Trinajstić information content (AvgIpc) is 2.61. The Hall–Kier alpha value is -3.02. The van der Waals surface area contributed by atoms with Crippen molar-refractivity contribution < 1.29 is 19.1 Å². The maximum atomic E-state index is 12.6. The van der Waals surface area contributed by atoms with Gasteiger partial charge in [0.15, 0.2) is 5.78 Å². The van der Waals surface area contributed by atoms with E-state index in [4.69, 9.17) is 9.47 Å². The number of aryl methyl sites for hydroxylation is 1. The summed E-state index contributed by atoms with van der Waals surface area (Å²) in [6.07, 6.45) is 0. The molecule has 3 rings (SSSR count). The van der Waals surface area contributed by atoms with Gasteiger partial charge in [0.2, 0.25) is 5.91 Å². The fraction of sp³-hybridized carbons (Fsp3) is 0.300. The number of ether oxygens (including phenoxy) is 2. The zero-order chi connectivity index (χ0) is 18.7. The third kappa shape index (κ3) is 3.79. The third-order valence-corrected chi connectivity index (χ3v) is 4.29. The number of benzene rings is 2. The van der Waals surface area contributed by atoms with Gasteiger partial charge in [-0.3, -0.25) is 9.59 Å². The number of rotatable bonds is 5. The standard InChI is InChI=1S/C20H22N2O4/c1-13-4-6-18(25-3)16(10-13)21-20(24)12-22-8-9-26-19-7-5-15(14(2)23)11-17(19)22/h4-7,10-11H,8-9,12H2,1-3H3,(H,21,24). The summed E-state index contributed by atoms with van der Waals surface area (Å²) < 4.78 is 10.9. The Balaban J connectivity index is 1.78. The van der Waals surface area contributed by atoms with Crippen molar-refractivity contribution in [3.05, 3.63) is 47.5 Å². The number of fused-ring (bicyclic) bond motifs is 1. The molecule has 0 radical (unpaired) electrons. The molecule has 6 heteroatoms. The van der Waals surface area contributed by atoms with E-state index < -0.39 is 0 Å². The summed E-state index contributed by atoms with van der Waals surface area (Å²) in [6.45, 7) is 4.71. The van der Waals surface area contributed by atoms with E-state index in [-0.39, 0.29) is 18.2 Å². The number of methoxy groups -OCH3 is 1. The van der Waals surface area contributed by atoms with E-state index in [0.29, 0.717) is 35.9 Å². The highest BCUT2D eigenvalue weighted by Gasteiger charge is 2.22. The molecular weight excluding hydrogens is 332 g/mol. The summed E-state index contributed by atoms with van der Waals surface area (Å²) in [4.78, 5) is 26.1. The Labute approximate surface area is 152 Å². The summed E-state index contributed by atoms with van der Waals surface area (Å²) >= 11 is 0. The largest absolute Gasteiger partial charge is 0.495 e. The van der Waals surface area contributed by atoms with Gasteiger partial charge in [-0.05, 0) is 49.7 Å². The van der Waals surface area contributed by atoms with E-state index >= 15 is 0 Å². The summed E-state index contributed by atoms with van der Waals surface area (Å²) in [7, 11) is 1.57. The van der Waals surface area contributed by atoms with E-state index in [0.717, 1.165) is 11.3 Å². The monoisotopic (exact) mass is 354 g/mol. The molecule has 0 saturated heterocycles. The number of hydrogen-bond donors (Lipinski definition) is 1. The van der Waals surface area contributed by atoms with Crippen molar-refractivity contribution >= 4 is 23.1 Å². The Morgan fingerprint density at radius 2 is 2.04 bits per heavy atom. The lowest BCUT2D eigenvalue weighted by Gasteiger charge is -2.31. The van der Waals surface area contributed by atoms with Gasteiger partial charge < -0.3 is 19.7 Å². The molecule has 0 saturated carbocycles. The lowest BCUT2D eigenvalue weighted by atomic mass is 10.1. The average molecular weight is 354 g/mol. The van der Waals surface area contributed by atoms with E-state index in [2.05, 4.69) is 5.32 Å². The van der Waals surface area contributed by atoms with Crippen LogP contribution in [0, 0.1) is 6.92 Å². The van der Waals surface area contributed by atoms with E-state index in [9.17, 15) is 9.59 Å². The zero-order valence-electron chi connectivity index (χ0n) is 15.2. The molecule has 1 aliphatic rings. The van der Waals surface area contributed by atoms with Crippen molar-refractivity contribution in [2.24, 2.45) is 0 Å². The van der Waals surface area contributed by atoms with Crippen LogP contribution in [-0.4, -0.2) is 38.5 Å². The fourth-order valence-electron chi connectivity index (χ4n) is 2.94. The molecule has 2 aromatic carbocycles. The molecule has 1 heterocycles. The van der Waals surface area contributed by atoms with Crippen LogP contribution in [0.25, 0.3) is 0 Å². The number of anilines is 2. The van der Waals surface area contributed by atoms with Crippen LogP contribution in [-0.2, 0) is 4.79 Å². The van der Waals surface area contributed by atoms with Crippen LogP contribution in [0.2, 0.25) is 0 Å². The smallest absolute Gasteiger partial charge is 0.243 e. The summed E-state index contributed by atoms with van der Waals surface area (Å²) in [5.74, 6) is 1.12. The van der Waals surface area contributed by atoms with Crippen LogP contribution in [0.15, 0.2) is 36.4 Å². The Morgan fingerprint density at radius 1 is 1.23 bits per heavy atom. The molecule has 0 fully saturated rings. The first-order chi connectivity index (χ1) is 12.5. The molecule has 1 aliphatic heterocycles. The SMILES string of the molecule is COc1ccc(C)cc1NC(=O)CN1CCOc2ccc(C(C)=O)cc21. The highest BCUT2D eigenvalue weighted by molar-refractivity contribution is 5.97. The van der Waals surface area contributed by atoms with E-state index in [1.165, 1.54) is 6.92 Å². The second-order valence-electron chi connectivity index (χ2n) is 6.26. The minimum atomic E-state index is -0.157. The molecule has 1 amide bonds. The van der Waals surface area contributed by atoms with Crippen LogP contribution in [0.1, 0.15) is 22.8 Å². The number of Topliss-reactive ketones (excluding diaryl/α,β-unsaturated/α-hetero) is 1. The number of carbonyl (C=O) groups is 2. The highest BCUT2D eigenvalue weighted by Crippen LogP contribution is 2.33. The second kappa shape index (κ2) is 7.47. The molecule has 2 aromatic rings. The number of nitrogens with zero attached hydrogens (tertiary/aromatic N) is 1. The predicted molar refractivity (Wildman–Crippen MR) is 101 cm³/mol. The number of hydrogen-bond acceptors (Lipinski definition) is 5. The third-order valence-electron chi connectivity index (χ3n) is 4.29. The molecule has 136 valence electrons. The molecule has 0 spiro atoms. The molecule has 0 unspecified atom stereocenters. The number of nitrogens with one attached hydrogen (secondary N) is 1. The lowest BCUT2D eigenvalue weighted by molar-refractivity contribution is -0.115. The lowest BCUT2D eigenvalue weighted by Crippen LogP contribution is -2.39. The van der Waals surface area contributed by atoms with Crippen LogP contribution in [0.4, 0.5) is 11.4 Å². The maximum Gasteiger partial charge on any atom is 0.243 e. The summed E-state index contributed by atoms with van der Waals surface area (Å²) in [5.41, 5.74) is 3.03. The first-order valence-corrected chi connectivity index (χ1v) is 8.45. The molecule has 1 N–H and O–H groups in total. The van der Waals surface area contributed by atoms with Gasteiger partial charge in [0.05, 0.1) is 31.6 Å². The Morgan fingerprint density at radius 3 is 2.77 bits per heavy atom. The van der Waals surface area contributed by atoms with Crippen molar-refractivity contribution in [2.45, 2.75) is 13.8 Å². The van der Waals surface area contributed by atoms with Gasteiger partial charge in [-0.25, -0.2) is 0 Å². The molecule has 0 bridgehead atoms. The van der Waals surface area contributed by atoms with Crippen LogP contribution >= 0.6 is 0 Å². The normalized spacial score (nSPS) is 12.8. The molecule has 0 aromatic heterocycles. The summed E-state index contributed by atoms with van der Waals surface area (Å²) in [5, 5.41) is 2.90. The van der Waals surface area contributed by atoms with Gasteiger partial charge in [0, 0.05) is 5.56 Å². The predicted octanol–water partition coefficient (Wildman–Crippen LogP) is 3.04. The van der Waals surface area contributed by atoms with Crippen molar-refractivity contribution in [2.75, 3.05) is 37.0 Å². The second-order valence-corrected chi connectivity index (χ2v) is 6.26. The van der Waals surface area contributed by atoms with Gasteiger partial charge in [-0.1, -0.05) is 6.07 Å². The molecule has 0 atom stereocenters. The van der Waals surface area contributed by atoms with Gasteiger partial charge in [-0.15, -0.1) is 0 Å². The molecule has 26 heavy (non-hydrogen) atoms. The first kappa shape index (κ1) is 17.8. The van der Waals surface area contributed by atoms with Crippen LogP contribution in [0.5, 0.6) is 11.5 Å². The van der Waals surface area contributed by atoms with Gasteiger partial charge in [0.25, 0.3) is 0 Å². The van der Waals surface area contributed by atoms with Crippen LogP contribution < -0.4 is 19.7 Å². The minimum Gasteiger partial charge on any atom is -0.495 e. The highest BCUT2D eigenvalue weighted by atomic mass is 16.5. The summed E-state index contributed by atoms with van der Waals surface area (Å²) in [6, 6.07) is 10.9. The van der Waals surface area contributed by atoms with Crippen molar-refractivity contribution in [1.82, 2.24) is 0 Å². The quantitative estimate of drug-likeness (QED) is 0.836. The number of ketones is 1. The van der Waals surface area contributed by atoms with Crippen molar-refractivity contribution in [3.8, 4) is 11.5 Å². The first-order valence-electron chi connectivity index (χ1n) is 8.45. The van der Waals surface area contributed by atoms with Gasteiger partial charge >= 0.3 is 0 Å². The Kier molecular flexibility index (Phi) is 5.11. The molecule has 0 aliphatic carbocycles. The van der Waals surface area contributed by atoms with Crippen molar-refractivity contribution in [3.63, 3.8) is 0 Å². The van der Waals surface area contributed by atoms with Crippen molar-refractivity contribution in [1.29, 1.82) is 0 Å². The number of amides is 1. The van der Waals surface area contributed by atoms with Gasteiger partial charge in [-0.2, -0.15) is 0 Å². The van der Waals surface area contributed by atoms with Gasteiger partial charge in [0.1, 0.15) is 18.1 Å². The minimum absolute atomic E-state index is 0.0210. The molecular formula is C20H22N2O4. The number of carbonyl (C=O) groups excluding carboxylic acids is 2. The Bertz CT molecular complexity index is 848. The zero-order valence-corrected chi connectivity index (χ0v) is 15.2. The maximum absolute atomic E-state index is 12.6. The molecule has 6 nitrogen and oxygen atoms in total. The fourth-order valence-corrected chi connectivity index (χ4v) is 2.94.